The Kier molecular flexibility index (Phi) is 10.4. The highest BCUT2D eigenvalue weighted by atomic mass is 35.5. The summed E-state index contributed by atoms with van der Waals surface area (Å²) >= 11 is 0. The molecule has 0 saturated carbocycles. The summed E-state index contributed by atoms with van der Waals surface area (Å²) < 4.78 is 5.71. The summed E-state index contributed by atoms with van der Waals surface area (Å²) in [5.41, 5.74) is 4.27. The number of aliphatic hydroxyl groups is 1. The summed E-state index contributed by atoms with van der Waals surface area (Å²) in [6.07, 6.45) is 1.32. The van der Waals surface area contributed by atoms with E-state index in [0.29, 0.717) is 12.3 Å². The van der Waals surface area contributed by atoms with Crippen LogP contribution in [-0.4, -0.2) is 35.4 Å². The van der Waals surface area contributed by atoms with E-state index in [2.05, 4.69) is 29.6 Å². The first-order valence-corrected chi connectivity index (χ1v) is 11.0. The minimum Gasteiger partial charge on any atom is -0.490 e. The number of carboxylic acid groups (broad SMARTS) is 1. The first kappa shape index (κ1) is 26.4. The molecule has 0 bridgehead atoms. The van der Waals surface area contributed by atoms with Crippen LogP contribution in [-0.2, 0) is 6.42 Å². The van der Waals surface area contributed by atoms with Crippen LogP contribution in [0.2, 0.25) is 0 Å². The zero-order chi connectivity index (χ0) is 22.9. The van der Waals surface area contributed by atoms with Crippen molar-refractivity contribution >= 4 is 18.4 Å². The molecule has 0 radical (unpaired) electrons. The maximum Gasteiger partial charge on any atom is 0.339 e. The lowest BCUT2D eigenvalue weighted by Gasteiger charge is -2.14. The molecule has 0 saturated heterocycles. The maximum atomic E-state index is 11.5. The number of hydrogen-bond acceptors (Lipinski definition) is 4. The highest BCUT2D eigenvalue weighted by Gasteiger charge is 2.14. The van der Waals surface area contributed by atoms with Crippen molar-refractivity contribution in [3.63, 3.8) is 0 Å². The highest BCUT2D eigenvalue weighted by molar-refractivity contribution is 5.92. The van der Waals surface area contributed by atoms with Crippen LogP contribution in [0.3, 0.4) is 0 Å². The molecule has 0 unspecified atom stereocenters. The molecule has 0 amide bonds. The third kappa shape index (κ3) is 7.90. The molecule has 176 valence electrons. The average Bonchev–Trinajstić information content (AvgIpc) is 2.79. The van der Waals surface area contributed by atoms with Crippen molar-refractivity contribution in [2.45, 2.75) is 38.9 Å². The highest BCUT2D eigenvalue weighted by Crippen LogP contribution is 2.28. The van der Waals surface area contributed by atoms with Gasteiger partial charge in [-0.25, -0.2) is 4.79 Å². The lowest BCUT2D eigenvalue weighted by Crippen LogP contribution is -2.22. The Hall–Kier alpha value is -2.86. The van der Waals surface area contributed by atoms with Crippen LogP contribution in [0.5, 0.6) is 5.75 Å². The second-order valence-corrected chi connectivity index (χ2v) is 8.11. The van der Waals surface area contributed by atoms with Gasteiger partial charge < -0.3 is 20.3 Å². The van der Waals surface area contributed by atoms with Crippen molar-refractivity contribution in [3.05, 3.63) is 89.5 Å². The number of aliphatic hydroxyl groups excluding tert-OH is 1. The Morgan fingerprint density at radius 3 is 2.27 bits per heavy atom. The lowest BCUT2D eigenvalue weighted by atomic mass is 10.0. The number of rotatable bonds is 11. The number of halogens is 1. The van der Waals surface area contributed by atoms with E-state index >= 15 is 0 Å². The van der Waals surface area contributed by atoms with Gasteiger partial charge in [0.05, 0.1) is 12.2 Å². The summed E-state index contributed by atoms with van der Waals surface area (Å²) in [5, 5.41) is 22.9. The predicted molar refractivity (Wildman–Crippen MR) is 134 cm³/mol. The van der Waals surface area contributed by atoms with Gasteiger partial charge in [0.2, 0.25) is 0 Å². The smallest absolute Gasteiger partial charge is 0.339 e. The molecule has 1 atom stereocenters. The van der Waals surface area contributed by atoms with Gasteiger partial charge in [-0.3, -0.25) is 0 Å². The van der Waals surface area contributed by atoms with E-state index in [1.165, 1.54) is 5.56 Å². The fourth-order valence-electron chi connectivity index (χ4n) is 3.54. The van der Waals surface area contributed by atoms with Gasteiger partial charge in [0, 0.05) is 6.54 Å². The molecule has 0 aliphatic heterocycles. The van der Waals surface area contributed by atoms with Gasteiger partial charge in [-0.05, 0) is 67.6 Å². The van der Waals surface area contributed by atoms with Gasteiger partial charge in [0.25, 0.3) is 0 Å². The van der Waals surface area contributed by atoms with Gasteiger partial charge in [0.1, 0.15) is 11.3 Å². The Bertz CT molecular complexity index is 1010. The SMILES string of the molecule is CC(C)Oc1cc(-c2ccc(CCCNC[C@@H](O)c3ccccc3)cc2)ccc1C(=O)O.Cl. The summed E-state index contributed by atoms with van der Waals surface area (Å²) in [6.45, 7) is 5.13. The van der Waals surface area contributed by atoms with E-state index < -0.39 is 12.1 Å². The van der Waals surface area contributed by atoms with Crippen LogP contribution < -0.4 is 10.1 Å². The fraction of sp³-hybridized carbons (Fsp3) is 0.296. The number of nitrogens with one attached hydrogen (secondary N) is 1. The molecular formula is C27H32ClNO4. The van der Waals surface area contributed by atoms with E-state index in [4.69, 9.17) is 4.74 Å². The molecule has 0 aromatic heterocycles. The Morgan fingerprint density at radius 2 is 1.64 bits per heavy atom. The molecule has 33 heavy (non-hydrogen) atoms. The van der Waals surface area contributed by atoms with Crippen molar-refractivity contribution in [2.24, 2.45) is 0 Å². The number of ether oxygens (including phenoxy) is 1. The van der Waals surface area contributed by atoms with E-state index in [9.17, 15) is 15.0 Å². The fourth-order valence-corrected chi connectivity index (χ4v) is 3.54. The first-order valence-electron chi connectivity index (χ1n) is 11.0. The van der Waals surface area contributed by atoms with Crippen LogP contribution in [0.4, 0.5) is 0 Å². The summed E-state index contributed by atoms with van der Waals surface area (Å²) in [5.74, 6) is -0.606. The number of hydrogen-bond donors (Lipinski definition) is 3. The van der Waals surface area contributed by atoms with Gasteiger partial charge in [0.15, 0.2) is 0 Å². The molecule has 0 aliphatic rings. The second kappa shape index (κ2) is 13.0. The zero-order valence-electron chi connectivity index (χ0n) is 19.0. The zero-order valence-corrected chi connectivity index (χ0v) is 19.8. The molecule has 6 heteroatoms. The van der Waals surface area contributed by atoms with Crippen LogP contribution >= 0.6 is 12.4 Å². The van der Waals surface area contributed by atoms with E-state index in [1.807, 2.05) is 50.2 Å². The number of carbonyl (C=O) groups is 1. The number of aromatic carboxylic acids is 1. The van der Waals surface area contributed by atoms with Gasteiger partial charge in [-0.2, -0.15) is 0 Å². The molecule has 5 nitrogen and oxygen atoms in total. The Morgan fingerprint density at radius 1 is 0.970 bits per heavy atom. The molecule has 3 aromatic rings. The number of aryl methyl sites for hydroxylation is 1. The summed E-state index contributed by atoms with van der Waals surface area (Å²) in [4.78, 5) is 11.5. The summed E-state index contributed by atoms with van der Waals surface area (Å²) in [6, 6.07) is 23.2. The normalized spacial score (nSPS) is 11.6. The van der Waals surface area contributed by atoms with Crippen molar-refractivity contribution in [3.8, 4) is 16.9 Å². The van der Waals surface area contributed by atoms with Gasteiger partial charge in [-0.1, -0.05) is 60.7 Å². The van der Waals surface area contributed by atoms with E-state index in [0.717, 1.165) is 36.1 Å². The molecule has 0 spiro atoms. The van der Waals surface area contributed by atoms with Crippen molar-refractivity contribution in [2.75, 3.05) is 13.1 Å². The van der Waals surface area contributed by atoms with Gasteiger partial charge in [-0.15, -0.1) is 12.4 Å². The molecular weight excluding hydrogens is 438 g/mol. The third-order valence-corrected chi connectivity index (χ3v) is 5.20. The Labute approximate surface area is 201 Å². The molecule has 0 heterocycles. The Balaban J connectivity index is 0.00000385. The monoisotopic (exact) mass is 469 g/mol. The topological polar surface area (TPSA) is 78.8 Å². The average molecular weight is 470 g/mol. The molecule has 0 fully saturated rings. The number of benzene rings is 3. The third-order valence-electron chi connectivity index (χ3n) is 5.20. The van der Waals surface area contributed by atoms with E-state index in [-0.39, 0.29) is 24.1 Å². The van der Waals surface area contributed by atoms with Crippen molar-refractivity contribution in [1.29, 1.82) is 0 Å². The minimum absolute atomic E-state index is 0. The molecule has 0 aliphatic carbocycles. The van der Waals surface area contributed by atoms with Crippen LogP contribution in [0, 0.1) is 0 Å². The van der Waals surface area contributed by atoms with Crippen LogP contribution in [0.1, 0.15) is 47.9 Å². The van der Waals surface area contributed by atoms with Gasteiger partial charge >= 0.3 is 5.97 Å². The number of carboxylic acids is 1. The largest absolute Gasteiger partial charge is 0.490 e. The molecule has 3 N–H and O–H groups in total. The molecule has 3 rings (SSSR count). The van der Waals surface area contributed by atoms with Crippen molar-refractivity contribution < 1.29 is 19.7 Å². The standard InChI is InChI=1S/C27H31NO4.ClH/c1-19(2)32-26-17-23(14-15-24(26)27(30)31)21-12-10-20(11-13-21)7-6-16-28-18-25(29)22-8-4-3-5-9-22;/h3-5,8-15,17,19,25,28-29H,6-7,16,18H2,1-2H3,(H,30,31);1H/t25-;/m1./s1. The minimum atomic E-state index is -0.993. The quantitative estimate of drug-likeness (QED) is 0.322. The molecule has 3 aromatic carbocycles. The summed E-state index contributed by atoms with van der Waals surface area (Å²) in [7, 11) is 0. The van der Waals surface area contributed by atoms with Crippen molar-refractivity contribution in [1.82, 2.24) is 5.32 Å². The van der Waals surface area contributed by atoms with Crippen LogP contribution in [0.15, 0.2) is 72.8 Å². The van der Waals surface area contributed by atoms with Crippen LogP contribution in [0.25, 0.3) is 11.1 Å². The second-order valence-electron chi connectivity index (χ2n) is 8.11. The lowest BCUT2D eigenvalue weighted by molar-refractivity contribution is 0.0690. The maximum absolute atomic E-state index is 11.5. The van der Waals surface area contributed by atoms with E-state index in [1.54, 1.807) is 12.1 Å². The first-order chi connectivity index (χ1) is 15.4. The predicted octanol–water partition coefficient (Wildman–Crippen LogP) is 5.52.